The maximum atomic E-state index is 12.2. The Morgan fingerprint density at radius 1 is 1.20 bits per heavy atom. The minimum absolute atomic E-state index is 0.288. The van der Waals surface area contributed by atoms with Crippen molar-refractivity contribution in [2.75, 3.05) is 13.1 Å². The lowest BCUT2D eigenvalue weighted by Crippen LogP contribution is -2.39. The summed E-state index contributed by atoms with van der Waals surface area (Å²) in [6.45, 7) is 7.05. The fourth-order valence-electron chi connectivity index (χ4n) is 3.28. The van der Waals surface area contributed by atoms with E-state index in [1.54, 1.807) is 4.90 Å². The van der Waals surface area contributed by atoms with Gasteiger partial charge in [0.05, 0.1) is 5.69 Å². The molecule has 0 saturated carbocycles. The number of aromatic nitrogens is 2. The van der Waals surface area contributed by atoms with Gasteiger partial charge in [-0.3, -0.25) is 0 Å². The largest absolute Gasteiger partial charge is 0.473 e. The molecule has 1 aliphatic rings. The highest BCUT2D eigenvalue weighted by atomic mass is 16.6. The fraction of sp³-hybridized carbons (Fsp3) is 0.348. The molecule has 0 spiro atoms. The number of nitrogens with zero attached hydrogens (tertiary/aromatic N) is 3. The van der Waals surface area contributed by atoms with Crippen LogP contribution in [0.2, 0.25) is 0 Å². The van der Waals surface area contributed by atoms with Crippen molar-refractivity contribution in [2.45, 2.75) is 39.4 Å². The number of benzene rings is 1. The van der Waals surface area contributed by atoms with Gasteiger partial charge in [0.15, 0.2) is 12.0 Å². The van der Waals surface area contributed by atoms with Gasteiger partial charge in [0, 0.05) is 24.7 Å². The van der Waals surface area contributed by atoms with Gasteiger partial charge < -0.3 is 18.8 Å². The summed E-state index contributed by atoms with van der Waals surface area (Å²) in [5.74, 6) is 0.541. The number of hydrogen-bond acceptors (Lipinski definition) is 6. The predicted molar refractivity (Wildman–Crippen MR) is 113 cm³/mol. The second-order valence-corrected chi connectivity index (χ2v) is 8.17. The highest BCUT2D eigenvalue weighted by Gasteiger charge is 2.24. The Hall–Kier alpha value is -3.35. The summed E-state index contributed by atoms with van der Waals surface area (Å²) in [5.41, 5.74) is 3.91. The Bertz CT molecular complexity index is 1080. The van der Waals surface area contributed by atoms with Crippen LogP contribution in [0.3, 0.4) is 0 Å². The summed E-state index contributed by atoms with van der Waals surface area (Å²) < 4.78 is 16.8. The molecule has 156 valence electrons. The molecule has 30 heavy (non-hydrogen) atoms. The number of ether oxygens (including phenoxy) is 2. The molecule has 7 heteroatoms. The van der Waals surface area contributed by atoms with Crippen molar-refractivity contribution in [2.24, 2.45) is 0 Å². The zero-order valence-corrected chi connectivity index (χ0v) is 17.4. The van der Waals surface area contributed by atoms with Crippen LogP contribution in [0.1, 0.15) is 38.4 Å². The van der Waals surface area contributed by atoms with E-state index in [9.17, 15) is 4.79 Å². The van der Waals surface area contributed by atoms with Gasteiger partial charge in [0.25, 0.3) is 0 Å². The van der Waals surface area contributed by atoms with Gasteiger partial charge in [-0.1, -0.05) is 24.3 Å². The van der Waals surface area contributed by atoms with Gasteiger partial charge >= 0.3 is 6.09 Å². The first-order chi connectivity index (χ1) is 14.4. The van der Waals surface area contributed by atoms with Crippen molar-refractivity contribution in [3.8, 4) is 5.88 Å². The maximum absolute atomic E-state index is 12.2. The third-order valence-electron chi connectivity index (χ3n) is 4.73. The number of fused-ring (bicyclic) bond motifs is 1. The molecule has 0 N–H and O–H groups in total. The maximum Gasteiger partial charge on any atom is 0.410 e. The molecule has 0 radical (unpaired) electrons. The molecule has 0 saturated heterocycles. The SMILES string of the molecule is CC(C)(C)OC(=O)N1CC=C(c2cccc(OCc3cccc4ncoc34)n2)CC1. The van der Waals surface area contributed by atoms with Crippen LogP contribution in [0, 0.1) is 0 Å². The molecular formula is C23H25N3O4. The smallest absolute Gasteiger partial charge is 0.410 e. The molecule has 0 unspecified atom stereocenters. The number of oxazole rings is 1. The van der Waals surface area contributed by atoms with Gasteiger partial charge in [-0.15, -0.1) is 0 Å². The molecule has 0 atom stereocenters. The first-order valence-electron chi connectivity index (χ1n) is 9.97. The lowest BCUT2D eigenvalue weighted by atomic mass is 10.0. The quantitative estimate of drug-likeness (QED) is 0.617. The van der Waals surface area contributed by atoms with E-state index < -0.39 is 5.60 Å². The summed E-state index contributed by atoms with van der Waals surface area (Å²) in [4.78, 5) is 22.7. The number of amides is 1. The van der Waals surface area contributed by atoms with Crippen LogP contribution < -0.4 is 4.74 Å². The Morgan fingerprint density at radius 3 is 2.80 bits per heavy atom. The van der Waals surface area contributed by atoms with Gasteiger partial charge in [-0.2, -0.15) is 0 Å². The second kappa shape index (κ2) is 8.18. The van der Waals surface area contributed by atoms with Crippen LogP contribution in [0.25, 0.3) is 16.7 Å². The molecule has 4 rings (SSSR count). The zero-order chi connectivity index (χ0) is 21.1. The van der Waals surface area contributed by atoms with E-state index in [-0.39, 0.29) is 6.09 Å². The van der Waals surface area contributed by atoms with Gasteiger partial charge in [-0.25, -0.2) is 14.8 Å². The molecule has 0 fully saturated rings. The summed E-state index contributed by atoms with van der Waals surface area (Å²) >= 11 is 0. The van der Waals surface area contributed by atoms with Gasteiger partial charge in [-0.05, 0) is 44.9 Å². The summed E-state index contributed by atoms with van der Waals surface area (Å²) in [6, 6.07) is 11.5. The Labute approximate surface area is 175 Å². The summed E-state index contributed by atoms with van der Waals surface area (Å²) in [7, 11) is 0. The fourth-order valence-corrected chi connectivity index (χ4v) is 3.28. The first kappa shape index (κ1) is 19.9. The Balaban J connectivity index is 1.41. The molecule has 7 nitrogen and oxygen atoms in total. The van der Waals surface area contributed by atoms with E-state index in [2.05, 4.69) is 9.97 Å². The predicted octanol–water partition coefficient (Wildman–Crippen LogP) is 4.83. The van der Waals surface area contributed by atoms with Crippen molar-refractivity contribution in [3.63, 3.8) is 0 Å². The molecule has 0 bridgehead atoms. The number of rotatable bonds is 4. The topological polar surface area (TPSA) is 77.7 Å². The van der Waals surface area contributed by atoms with Gasteiger partial charge in [0.1, 0.15) is 17.7 Å². The van der Waals surface area contributed by atoms with Crippen LogP contribution in [0.15, 0.2) is 53.3 Å². The molecule has 1 amide bonds. The minimum Gasteiger partial charge on any atom is -0.473 e. The van der Waals surface area contributed by atoms with Crippen molar-refractivity contribution in [1.82, 2.24) is 14.9 Å². The van der Waals surface area contributed by atoms with Gasteiger partial charge in [0.2, 0.25) is 5.88 Å². The average molecular weight is 407 g/mol. The van der Waals surface area contributed by atoms with Crippen LogP contribution in [-0.2, 0) is 11.3 Å². The van der Waals surface area contributed by atoms with E-state index in [1.165, 1.54) is 6.39 Å². The van der Waals surface area contributed by atoms with E-state index in [1.807, 2.05) is 63.2 Å². The number of para-hydroxylation sites is 1. The number of pyridine rings is 1. The van der Waals surface area contributed by atoms with Crippen molar-refractivity contribution in [1.29, 1.82) is 0 Å². The van der Waals surface area contributed by atoms with E-state index in [0.717, 1.165) is 27.9 Å². The monoisotopic (exact) mass is 407 g/mol. The van der Waals surface area contributed by atoms with E-state index in [4.69, 9.17) is 13.9 Å². The Kier molecular flexibility index (Phi) is 5.44. The molecule has 3 heterocycles. The minimum atomic E-state index is -0.496. The number of hydrogen-bond donors (Lipinski definition) is 0. The highest BCUT2D eigenvalue weighted by molar-refractivity contribution is 5.75. The molecular weight excluding hydrogens is 382 g/mol. The summed E-state index contributed by atoms with van der Waals surface area (Å²) in [5, 5.41) is 0. The molecule has 3 aromatic rings. The van der Waals surface area contributed by atoms with Crippen LogP contribution in [-0.4, -0.2) is 39.7 Å². The average Bonchev–Trinajstić information content (AvgIpc) is 3.21. The van der Waals surface area contributed by atoms with Crippen LogP contribution in [0.5, 0.6) is 5.88 Å². The Morgan fingerprint density at radius 2 is 2.03 bits per heavy atom. The van der Waals surface area contributed by atoms with E-state index >= 15 is 0 Å². The molecule has 0 aliphatic carbocycles. The third kappa shape index (κ3) is 4.62. The molecule has 2 aromatic heterocycles. The number of carbonyl (C=O) groups is 1. The zero-order valence-electron chi connectivity index (χ0n) is 17.4. The normalized spacial score (nSPS) is 14.5. The lowest BCUT2D eigenvalue weighted by Gasteiger charge is -2.29. The van der Waals surface area contributed by atoms with Crippen molar-refractivity contribution in [3.05, 3.63) is 60.1 Å². The first-order valence-corrected chi connectivity index (χ1v) is 9.97. The third-order valence-corrected chi connectivity index (χ3v) is 4.73. The second-order valence-electron chi connectivity index (χ2n) is 8.17. The van der Waals surface area contributed by atoms with Crippen LogP contribution >= 0.6 is 0 Å². The highest BCUT2D eigenvalue weighted by Crippen LogP contribution is 2.24. The summed E-state index contributed by atoms with van der Waals surface area (Å²) in [6.07, 6.45) is 3.88. The van der Waals surface area contributed by atoms with Crippen molar-refractivity contribution < 1.29 is 18.7 Å². The number of carbonyl (C=O) groups excluding carboxylic acids is 1. The standard InChI is InChI=1S/C23H25N3O4/c1-23(2,3)30-22(27)26-12-10-16(11-13-26)18-7-5-9-20(25-18)28-14-17-6-4-8-19-21(17)29-15-24-19/h4-10,15H,11-14H2,1-3H3. The lowest BCUT2D eigenvalue weighted by molar-refractivity contribution is 0.0270. The molecule has 1 aliphatic heterocycles. The molecule has 1 aromatic carbocycles. The van der Waals surface area contributed by atoms with Crippen LogP contribution in [0.4, 0.5) is 4.79 Å². The van der Waals surface area contributed by atoms with Crippen molar-refractivity contribution >= 4 is 22.8 Å². The van der Waals surface area contributed by atoms with E-state index in [0.29, 0.717) is 32.0 Å².